The number of ether oxygens (including phenoxy) is 2. The third kappa shape index (κ3) is 4.20. The van der Waals surface area contributed by atoms with Crippen molar-refractivity contribution in [3.63, 3.8) is 0 Å². The van der Waals surface area contributed by atoms with Crippen LogP contribution in [0.2, 0.25) is 0 Å². The second kappa shape index (κ2) is 8.55. The van der Waals surface area contributed by atoms with Gasteiger partial charge in [-0.15, -0.1) is 0 Å². The summed E-state index contributed by atoms with van der Waals surface area (Å²) in [6, 6.07) is 0. The molecule has 2 rings (SSSR count). The molecular weight excluding hydrogens is 316 g/mol. The molecule has 2 aliphatic carbocycles. The van der Waals surface area contributed by atoms with Gasteiger partial charge in [-0.2, -0.15) is 0 Å². The average molecular weight is 353 g/mol. The fraction of sp³-hybridized carbons (Fsp3) is 0.905. The van der Waals surface area contributed by atoms with Gasteiger partial charge in [0.2, 0.25) is 0 Å². The van der Waals surface area contributed by atoms with Crippen LogP contribution in [0.25, 0.3) is 0 Å². The maximum Gasteiger partial charge on any atom is 0.317 e. The molecule has 0 saturated heterocycles. The Bertz CT molecular complexity index is 413. The van der Waals surface area contributed by atoms with Crippen LogP contribution >= 0.6 is 0 Å². The summed E-state index contributed by atoms with van der Waals surface area (Å²) in [5.74, 6) is 0.0521. The fourth-order valence-corrected chi connectivity index (χ4v) is 4.62. The molecule has 0 bridgehead atoms. The molecule has 0 aliphatic heterocycles. The van der Waals surface area contributed by atoms with E-state index in [-0.39, 0.29) is 6.42 Å². The largest absolute Gasteiger partial charge is 0.458 e. The van der Waals surface area contributed by atoms with E-state index in [2.05, 4.69) is 27.7 Å². The first kappa shape index (κ1) is 20.3. The lowest BCUT2D eigenvalue weighted by Crippen LogP contribution is -2.46. The highest BCUT2D eigenvalue weighted by atomic mass is 16.6. The van der Waals surface area contributed by atoms with Crippen molar-refractivity contribution in [1.29, 1.82) is 0 Å². The van der Waals surface area contributed by atoms with Crippen molar-refractivity contribution in [3.05, 3.63) is 0 Å². The average Bonchev–Trinajstić information content (AvgIpc) is 2.49. The Kier molecular flexibility index (Phi) is 6.93. The van der Waals surface area contributed by atoms with Crippen molar-refractivity contribution >= 4 is 11.9 Å². The zero-order valence-corrected chi connectivity index (χ0v) is 16.6. The van der Waals surface area contributed by atoms with Crippen molar-refractivity contribution < 1.29 is 19.1 Å². The summed E-state index contributed by atoms with van der Waals surface area (Å²) in [5.41, 5.74) is -0.785. The van der Waals surface area contributed by atoms with E-state index in [0.29, 0.717) is 11.8 Å². The van der Waals surface area contributed by atoms with Crippen LogP contribution in [0.5, 0.6) is 0 Å². The lowest BCUT2D eigenvalue weighted by atomic mass is 9.70. The van der Waals surface area contributed by atoms with E-state index in [0.717, 1.165) is 51.4 Å². The normalized spacial score (nSPS) is 19.0. The second-order valence-electron chi connectivity index (χ2n) is 7.92. The zero-order valence-electron chi connectivity index (χ0n) is 16.6. The van der Waals surface area contributed by atoms with E-state index in [9.17, 15) is 9.59 Å². The SMILES string of the molecule is CCC(CC)(OC(=O)CC(=O)OC(CC)(CC)C1CCC1)C1CCC1. The molecule has 0 unspecified atom stereocenters. The zero-order chi connectivity index (χ0) is 18.5. The molecule has 0 aromatic rings. The topological polar surface area (TPSA) is 52.6 Å². The molecular formula is C21H36O4. The molecule has 144 valence electrons. The molecule has 0 amide bonds. The van der Waals surface area contributed by atoms with Gasteiger partial charge in [-0.3, -0.25) is 9.59 Å². The minimum Gasteiger partial charge on any atom is -0.458 e. The summed E-state index contributed by atoms with van der Waals surface area (Å²) < 4.78 is 11.7. The predicted molar refractivity (Wildman–Crippen MR) is 98.1 cm³/mol. The molecule has 2 aliphatic rings. The Morgan fingerprint density at radius 1 is 0.720 bits per heavy atom. The van der Waals surface area contributed by atoms with Gasteiger partial charge >= 0.3 is 11.9 Å². The van der Waals surface area contributed by atoms with Crippen molar-refractivity contribution in [2.45, 2.75) is 110 Å². The van der Waals surface area contributed by atoms with E-state index in [4.69, 9.17) is 9.47 Å². The molecule has 0 radical (unpaired) electrons. The molecule has 4 heteroatoms. The first-order chi connectivity index (χ1) is 11.9. The van der Waals surface area contributed by atoms with E-state index in [1.807, 2.05) is 0 Å². The Morgan fingerprint density at radius 3 is 1.24 bits per heavy atom. The smallest absolute Gasteiger partial charge is 0.317 e. The molecule has 2 saturated carbocycles. The molecule has 2 fully saturated rings. The van der Waals surface area contributed by atoms with Crippen LogP contribution in [0.15, 0.2) is 0 Å². The summed E-state index contributed by atoms with van der Waals surface area (Å²) in [5, 5.41) is 0. The van der Waals surface area contributed by atoms with Crippen LogP contribution < -0.4 is 0 Å². The lowest BCUT2D eigenvalue weighted by Gasteiger charge is -2.44. The monoisotopic (exact) mass is 352 g/mol. The molecule has 0 spiro atoms. The minimum absolute atomic E-state index is 0.261. The van der Waals surface area contributed by atoms with Crippen molar-refractivity contribution in [3.8, 4) is 0 Å². The number of esters is 2. The van der Waals surface area contributed by atoms with Gasteiger partial charge in [0, 0.05) is 0 Å². The van der Waals surface area contributed by atoms with Crippen LogP contribution in [0.4, 0.5) is 0 Å². The highest BCUT2D eigenvalue weighted by Gasteiger charge is 2.44. The number of hydrogen-bond acceptors (Lipinski definition) is 4. The van der Waals surface area contributed by atoms with Crippen molar-refractivity contribution in [2.75, 3.05) is 0 Å². The van der Waals surface area contributed by atoms with Crippen LogP contribution in [-0.4, -0.2) is 23.1 Å². The van der Waals surface area contributed by atoms with E-state index >= 15 is 0 Å². The Labute approximate surface area is 153 Å². The molecule has 0 atom stereocenters. The maximum absolute atomic E-state index is 12.4. The number of rotatable bonds is 10. The molecule has 0 heterocycles. The highest BCUT2D eigenvalue weighted by Crippen LogP contribution is 2.44. The minimum atomic E-state index is -0.421. The molecule has 0 N–H and O–H groups in total. The summed E-state index contributed by atoms with van der Waals surface area (Å²) in [6.07, 6.45) is 9.89. The summed E-state index contributed by atoms with van der Waals surface area (Å²) in [6.45, 7) is 8.29. The first-order valence-electron chi connectivity index (χ1n) is 10.4. The standard InChI is InChI=1S/C21H36O4/c1-5-20(6-2,16-11-9-12-16)24-18(22)15-19(23)25-21(7-3,8-4)17-13-10-14-17/h16-17H,5-15H2,1-4H3. The van der Waals surface area contributed by atoms with Crippen LogP contribution in [0, 0.1) is 11.8 Å². The van der Waals surface area contributed by atoms with E-state index in [1.54, 1.807) is 0 Å². The fourth-order valence-electron chi connectivity index (χ4n) is 4.62. The van der Waals surface area contributed by atoms with Gasteiger partial charge in [-0.1, -0.05) is 40.5 Å². The third-order valence-electron chi connectivity index (χ3n) is 7.02. The van der Waals surface area contributed by atoms with Crippen molar-refractivity contribution in [2.24, 2.45) is 11.8 Å². The van der Waals surface area contributed by atoms with Gasteiger partial charge < -0.3 is 9.47 Å². The van der Waals surface area contributed by atoms with Crippen LogP contribution in [0.1, 0.15) is 98.3 Å². The molecule has 0 aromatic heterocycles. The van der Waals surface area contributed by atoms with E-state index in [1.165, 1.54) is 12.8 Å². The predicted octanol–water partition coefficient (Wildman–Crippen LogP) is 5.18. The number of carbonyl (C=O) groups excluding carboxylic acids is 2. The summed E-state index contributed by atoms with van der Waals surface area (Å²) >= 11 is 0. The summed E-state index contributed by atoms with van der Waals surface area (Å²) in [4.78, 5) is 24.8. The van der Waals surface area contributed by atoms with E-state index < -0.39 is 23.1 Å². The van der Waals surface area contributed by atoms with Crippen molar-refractivity contribution in [1.82, 2.24) is 0 Å². The van der Waals surface area contributed by atoms with Gasteiger partial charge in [0.25, 0.3) is 0 Å². The van der Waals surface area contributed by atoms with Gasteiger partial charge in [0.05, 0.1) is 0 Å². The van der Waals surface area contributed by atoms with Gasteiger partial charge in [0.1, 0.15) is 17.6 Å². The van der Waals surface area contributed by atoms with Gasteiger partial charge in [-0.25, -0.2) is 0 Å². The Hall–Kier alpha value is -1.06. The van der Waals surface area contributed by atoms with Crippen LogP contribution in [-0.2, 0) is 19.1 Å². The first-order valence-corrected chi connectivity index (χ1v) is 10.4. The molecule has 0 aromatic carbocycles. The van der Waals surface area contributed by atoms with Crippen LogP contribution in [0.3, 0.4) is 0 Å². The van der Waals surface area contributed by atoms with Gasteiger partial charge in [0.15, 0.2) is 0 Å². The Morgan fingerprint density at radius 2 is 1.04 bits per heavy atom. The lowest BCUT2D eigenvalue weighted by molar-refractivity contribution is -0.184. The maximum atomic E-state index is 12.4. The quantitative estimate of drug-likeness (QED) is 0.401. The number of carbonyl (C=O) groups is 2. The molecule has 4 nitrogen and oxygen atoms in total. The Balaban J connectivity index is 1.93. The summed E-state index contributed by atoms with van der Waals surface area (Å²) in [7, 11) is 0. The molecule has 25 heavy (non-hydrogen) atoms. The highest BCUT2D eigenvalue weighted by molar-refractivity contribution is 5.91. The second-order valence-corrected chi connectivity index (χ2v) is 7.92. The van der Waals surface area contributed by atoms with Gasteiger partial charge in [-0.05, 0) is 63.2 Å². The number of hydrogen-bond donors (Lipinski definition) is 0. The third-order valence-corrected chi connectivity index (χ3v) is 7.02.